The molecule has 1 aliphatic rings. The van der Waals surface area contributed by atoms with Crippen molar-refractivity contribution in [3.8, 4) is 0 Å². The topological polar surface area (TPSA) is 108 Å². The number of carboxylic acids is 1. The van der Waals surface area contributed by atoms with Crippen LogP contribution in [0.3, 0.4) is 0 Å². The van der Waals surface area contributed by atoms with E-state index in [-0.39, 0.29) is 12.0 Å². The monoisotopic (exact) mass is 301 g/mol. The summed E-state index contributed by atoms with van der Waals surface area (Å²) in [6.45, 7) is 4.46. The van der Waals surface area contributed by atoms with E-state index >= 15 is 0 Å². The standard InChI is InChI=1S/C13H23N3O5/c1-4-8(2)10(11(17)18)15-12(19)16-6-5-9(7-16)14-13(20)21-3/h8-10H,4-7H2,1-3H3,(H,14,20)(H,15,19)(H,17,18)/t8?,9?,10-/m0/s1. The maximum Gasteiger partial charge on any atom is 0.407 e. The summed E-state index contributed by atoms with van der Waals surface area (Å²) in [4.78, 5) is 35.9. The molecule has 3 amide bonds. The van der Waals surface area contributed by atoms with Crippen molar-refractivity contribution in [2.24, 2.45) is 5.92 Å². The van der Waals surface area contributed by atoms with Crippen LogP contribution in [0.25, 0.3) is 0 Å². The number of hydrogen-bond acceptors (Lipinski definition) is 4. The van der Waals surface area contributed by atoms with Crippen LogP contribution in [-0.4, -0.2) is 60.4 Å². The number of likely N-dealkylation sites (tertiary alicyclic amines) is 1. The number of carbonyl (C=O) groups is 3. The summed E-state index contributed by atoms with van der Waals surface area (Å²) in [5.41, 5.74) is 0. The van der Waals surface area contributed by atoms with Gasteiger partial charge >= 0.3 is 18.1 Å². The Morgan fingerprint density at radius 3 is 2.62 bits per heavy atom. The Labute approximate surface area is 123 Å². The normalized spacial score (nSPS) is 20.5. The molecule has 0 bridgehead atoms. The lowest BCUT2D eigenvalue weighted by Gasteiger charge is -2.24. The number of ether oxygens (including phenoxy) is 1. The van der Waals surface area contributed by atoms with E-state index in [2.05, 4.69) is 15.4 Å². The maximum atomic E-state index is 12.1. The van der Waals surface area contributed by atoms with Gasteiger partial charge in [0, 0.05) is 13.1 Å². The third kappa shape index (κ3) is 4.80. The number of carboxylic acid groups (broad SMARTS) is 1. The average Bonchev–Trinajstić information content (AvgIpc) is 2.91. The largest absolute Gasteiger partial charge is 0.480 e. The van der Waals surface area contributed by atoms with Gasteiger partial charge in [-0.3, -0.25) is 0 Å². The predicted octanol–water partition coefficient (Wildman–Crippen LogP) is 0.626. The number of amides is 3. The minimum absolute atomic E-state index is 0.155. The van der Waals surface area contributed by atoms with Crippen LogP contribution in [0.15, 0.2) is 0 Å². The summed E-state index contributed by atoms with van der Waals surface area (Å²) < 4.78 is 4.50. The van der Waals surface area contributed by atoms with Crippen molar-refractivity contribution in [3.63, 3.8) is 0 Å². The SMILES string of the molecule is CCC(C)[C@H](NC(=O)N1CCC(NC(=O)OC)C1)C(=O)O. The molecule has 1 saturated heterocycles. The Balaban J connectivity index is 2.52. The zero-order valence-electron chi connectivity index (χ0n) is 12.6. The van der Waals surface area contributed by atoms with Gasteiger partial charge in [0.2, 0.25) is 0 Å². The number of alkyl carbamates (subject to hydrolysis) is 1. The molecule has 0 aliphatic carbocycles. The van der Waals surface area contributed by atoms with Crippen LogP contribution >= 0.6 is 0 Å². The first-order chi connectivity index (χ1) is 9.88. The maximum absolute atomic E-state index is 12.1. The summed E-state index contributed by atoms with van der Waals surface area (Å²) in [6.07, 6.45) is 0.734. The Hall–Kier alpha value is -1.99. The average molecular weight is 301 g/mol. The lowest BCUT2D eigenvalue weighted by atomic mass is 9.99. The van der Waals surface area contributed by atoms with Gasteiger partial charge < -0.3 is 25.4 Å². The second kappa shape index (κ2) is 7.70. The molecule has 8 nitrogen and oxygen atoms in total. The quantitative estimate of drug-likeness (QED) is 0.690. The molecule has 0 aromatic heterocycles. The van der Waals surface area contributed by atoms with Gasteiger partial charge in [-0.25, -0.2) is 14.4 Å². The molecule has 120 valence electrons. The molecule has 0 radical (unpaired) electrons. The lowest BCUT2D eigenvalue weighted by molar-refractivity contribution is -0.140. The Kier molecular flexibility index (Phi) is 6.26. The Bertz CT molecular complexity index is 401. The van der Waals surface area contributed by atoms with Gasteiger partial charge in [0.25, 0.3) is 0 Å². The number of nitrogens with one attached hydrogen (secondary N) is 2. The first-order valence-corrected chi connectivity index (χ1v) is 7.01. The van der Waals surface area contributed by atoms with Gasteiger partial charge in [0.05, 0.1) is 13.2 Å². The highest BCUT2D eigenvalue weighted by molar-refractivity contribution is 5.83. The number of nitrogens with zero attached hydrogens (tertiary/aromatic N) is 1. The molecule has 1 fully saturated rings. The van der Waals surface area contributed by atoms with E-state index in [1.165, 1.54) is 12.0 Å². The van der Waals surface area contributed by atoms with Gasteiger partial charge in [0.1, 0.15) is 6.04 Å². The third-order valence-corrected chi connectivity index (χ3v) is 3.74. The minimum Gasteiger partial charge on any atom is -0.480 e. The first-order valence-electron chi connectivity index (χ1n) is 7.01. The van der Waals surface area contributed by atoms with Crippen LogP contribution in [-0.2, 0) is 9.53 Å². The molecule has 1 heterocycles. The summed E-state index contributed by atoms with van der Waals surface area (Å²) in [6, 6.07) is -1.50. The number of rotatable bonds is 5. The van der Waals surface area contributed by atoms with Gasteiger partial charge in [-0.2, -0.15) is 0 Å². The summed E-state index contributed by atoms with van der Waals surface area (Å²) in [5, 5.41) is 14.3. The number of hydrogen-bond donors (Lipinski definition) is 3. The van der Waals surface area contributed by atoms with Crippen LogP contribution in [0.2, 0.25) is 0 Å². The van der Waals surface area contributed by atoms with Crippen molar-refractivity contribution < 1.29 is 24.2 Å². The molecule has 0 spiro atoms. The van der Waals surface area contributed by atoms with Gasteiger partial charge in [-0.1, -0.05) is 20.3 Å². The van der Waals surface area contributed by atoms with Gasteiger partial charge in [-0.15, -0.1) is 0 Å². The second-order valence-corrected chi connectivity index (χ2v) is 5.22. The van der Waals surface area contributed by atoms with Crippen LogP contribution in [0, 0.1) is 5.92 Å². The molecule has 1 rings (SSSR count). The van der Waals surface area contributed by atoms with Crippen molar-refractivity contribution in [1.29, 1.82) is 0 Å². The molecule has 8 heteroatoms. The zero-order valence-corrected chi connectivity index (χ0v) is 12.6. The summed E-state index contributed by atoms with van der Waals surface area (Å²) in [5.74, 6) is -1.20. The van der Waals surface area contributed by atoms with Crippen molar-refractivity contribution in [3.05, 3.63) is 0 Å². The first kappa shape index (κ1) is 17.1. The lowest BCUT2D eigenvalue weighted by Crippen LogP contribution is -2.50. The molecule has 2 unspecified atom stereocenters. The fourth-order valence-corrected chi connectivity index (χ4v) is 2.20. The van der Waals surface area contributed by atoms with E-state index in [9.17, 15) is 14.4 Å². The Morgan fingerprint density at radius 1 is 1.43 bits per heavy atom. The van der Waals surface area contributed by atoms with Crippen molar-refractivity contribution >= 4 is 18.1 Å². The molecular weight excluding hydrogens is 278 g/mol. The number of methoxy groups -OCH3 is 1. The van der Waals surface area contributed by atoms with Crippen molar-refractivity contribution in [1.82, 2.24) is 15.5 Å². The van der Waals surface area contributed by atoms with E-state index in [0.717, 1.165) is 0 Å². The summed E-state index contributed by atoms with van der Waals surface area (Å²) >= 11 is 0. The van der Waals surface area contributed by atoms with Gasteiger partial charge in [0.15, 0.2) is 0 Å². The molecule has 0 aromatic rings. The van der Waals surface area contributed by atoms with Crippen LogP contribution in [0.4, 0.5) is 9.59 Å². The van der Waals surface area contributed by atoms with E-state index in [1.54, 1.807) is 6.92 Å². The predicted molar refractivity (Wildman–Crippen MR) is 74.9 cm³/mol. The summed E-state index contributed by atoms with van der Waals surface area (Å²) in [7, 11) is 1.28. The molecule has 21 heavy (non-hydrogen) atoms. The number of urea groups is 1. The Morgan fingerprint density at radius 2 is 2.10 bits per heavy atom. The van der Waals surface area contributed by atoms with E-state index in [1.807, 2.05) is 6.92 Å². The van der Waals surface area contributed by atoms with Gasteiger partial charge in [-0.05, 0) is 12.3 Å². The van der Waals surface area contributed by atoms with E-state index in [4.69, 9.17) is 5.11 Å². The van der Waals surface area contributed by atoms with Crippen molar-refractivity contribution in [2.75, 3.05) is 20.2 Å². The minimum atomic E-state index is -1.04. The highest BCUT2D eigenvalue weighted by atomic mass is 16.5. The molecule has 0 aromatic carbocycles. The fourth-order valence-electron chi connectivity index (χ4n) is 2.20. The fraction of sp³-hybridized carbons (Fsp3) is 0.769. The second-order valence-electron chi connectivity index (χ2n) is 5.22. The highest BCUT2D eigenvalue weighted by Crippen LogP contribution is 2.12. The molecule has 0 saturated carbocycles. The van der Waals surface area contributed by atoms with Crippen LogP contribution < -0.4 is 10.6 Å². The third-order valence-electron chi connectivity index (χ3n) is 3.74. The van der Waals surface area contributed by atoms with Crippen molar-refractivity contribution in [2.45, 2.75) is 38.8 Å². The molecular formula is C13H23N3O5. The number of carbonyl (C=O) groups excluding carboxylic acids is 2. The van der Waals surface area contributed by atoms with Crippen LogP contribution in [0.1, 0.15) is 26.7 Å². The molecule has 1 aliphatic heterocycles. The van der Waals surface area contributed by atoms with E-state index < -0.39 is 24.1 Å². The number of aliphatic carboxylic acids is 1. The smallest absolute Gasteiger partial charge is 0.407 e. The highest BCUT2D eigenvalue weighted by Gasteiger charge is 2.31. The van der Waals surface area contributed by atoms with Crippen LogP contribution in [0.5, 0.6) is 0 Å². The molecule has 3 atom stereocenters. The van der Waals surface area contributed by atoms with E-state index in [0.29, 0.717) is 25.9 Å². The molecule has 3 N–H and O–H groups in total. The zero-order chi connectivity index (χ0) is 16.0.